The lowest BCUT2D eigenvalue weighted by molar-refractivity contribution is -0.160. The van der Waals surface area contributed by atoms with Crippen LogP contribution in [0.3, 0.4) is 0 Å². The van der Waals surface area contributed by atoms with Gasteiger partial charge >= 0.3 is 0 Å². The summed E-state index contributed by atoms with van der Waals surface area (Å²) >= 11 is 0. The quantitative estimate of drug-likeness (QED) is 0.567. The SMILES string of the molecule is CC(C)[C@]1(O)CC[C@](C)(O)[C@@H](O)C1. The summed E-state index contributed by atoms with van der Waals surface area (Å²) in [7, 11) is 0. The predicted octanol–water partition coefficient (Wildman–Crippen LogP) is 0.669. The molecule has 0 saturated heterocycles. The summed E-state index contributed by atoms with van der Waals surface area (Å²) in [6.45, 7) is 5.50. The first-order valence-corrected chi connectivity index (χ1v) is 4.91. The third-order valence-electron chi connectivity index (χ3n) is 3.40. The minimum absolute atomic E-state index is 0.123. The van der Waals surface area contributed by atoms with Crippen molar-refractivity contribution in [3.05, 3.63) is 0 Å². The summed E-state index contributed by atoms with van der Waals surface area (Å²) in [6, 6.07) is 0. The molecule has 1 aliphatic rings. The van der Waals surface area contributed by atoms with E-state index in [1.807, 2.05) is 13.8 Å². The molecular formula is C10H20O3. The summed E-state index contributed by atoms with van der Waals surface area (Å²) in [6.07, 6.45) is 0.489. The van der Waals surface area contributed by atoms with Crippen LogP contribution >= 0.6 is 0 Å². The van der Waals surface area contributed by atoms with Crippen LogP contribution in [0.2, 0.25) is 0 Å². The molecular weight excluding hydrogens is 168 g/mol. The minimum Gasteiger partial charge on any atom is -0.390 e. The zero-order valence-corrected chi connectivity index (χ0v) is 8.62. The van der Waals surface area contributed by atoms with Gasteiger partial charge in [-0.1, -0.05) is 13.8 Å². The average Bonchev–Trinajstić information content (AvgIpc) is 1.98. The molecule has 3 heteroatoms. The van der Waals surface area contributed by atoms with Crippen molar-refractivity contribution >= 4 is 0 Å². The Morgan fingerprint density at radius 3 is 2.15 bits per heavy atom. The summed E-state index contributed by atoms with van der Waals surface area (Å²) < 4.78 is 0. The van der Waals surface area contributed by atoms with Gasteiger partial charge in [-0.25, -0.2) is 0 Å². The van der Waals surface area contributed by atoms with E-state index >= 15 is 0 Å². The molecule has 3 nitrogen and oxygen atoms in total. The second-order valence-electron chi connectivity index (χ2n) is 4.84. The van der Waals surface area contributed by atoms with Gasteiger partial charge in [0.2, 0.25) is 0 Å². The van der Waals surface area contributed by atoms with Crippen LogP contribution in [-0.2, 0) is 0 Å². The summed E-state index contributed by atoms with van der Waals surface area (Å²) in [5.74, 6) is 0.123. The Morgan fingerprint density at radius 1 is 1.23 bits per heavy atom. The Kier molecular flexibility index (Phi) is 2.72. The average molecular weight is 188 g/mol. The van der Waals surface area contributed by atoms with Crippen LogP contribution in [0.25, 0.3) is 0 Å². The molecule has 0 aliphatic heterocycles. The second kappa shape index (κ2) is 3.23. The molecule has 0 heterocycles. The molecule has 13 heavy (non-hydrogen) atoms. The lowest BCUT2D eigenvalue weighted by Crippen LogP contribution is -2.53. The van der Waals surface area contributed by atoms with E-state index in [-0.39, 0.29) is 12.3 Å². The number of hydrogen-bond donors (Lipinski definition) is 3. The van der Waals surface area contributed by atoms with Crippen molar-refractivity contribution in [3.63, 3.8) is 0 Å². The second-order valence-corrected chi connectivity index (χ2v) is 4.84. The molecule has 3 N–H and O–H groups in total. The van der Waals surface area contributed by atoms with Crippen LogP contribution in [0.15, 0.2) is 0 Å². The topological polar surface area (TPSA) is 60.7 Å². The highest BCUT2D eigenvalue weighted by molar-refractivity contribution is 4.98. The number of aliphatic hydroxyl groups is 3. The van der Waals surface area contributed by atoms with E-state index < -0.39 is 17.3 Å². The normalized spacial score (nSPS) is 46.8. The molecule has 1 aliphatic carbocycles. The van der Waals surface area contributed by atoms with Gasteiger partial charge in [-0.2, -0.15) is 0 Å². The number of rotatable bonds is 1. The Morgan fingerprint density at radius 2 is 1.77 bits per heavy atom. The van der Waals surface area contributed by atoms with Gasteiger partial charge in [-0.05, 0) is 25.7 Å². The van der Waals surface area contributed by atoms with Crippen LogP contribution in [-0.4, -0.2) is 32.6 Å². The molecule has 0 aromatic carbocycles. The lowest BCUT2D eigenvalue weighted by Gasteiger charge is -2.44. The lowest BCUT2D eigenvalue weighted by atomic mass is 9.70. The van der Waals surface area contributed by atoms with E-state index in [1.165, 1.54) is 0 Å². The smallest absolute Gasteiger partial charge is 0.0879 e. The molecule has 78 valence electrons. The van der Waals surface area contributed by atoms with Crippen LogP contribution in [0.5, 0.6) is 0 Å². The van der Waals surface area contributed by atoms with E-state index in [0.717, 1.165) is 0 Å². The Balaban J connectivity index is 2.70. The van der Waals surface area contributed by atoms with Crippen LogP contribution in [0, 0.1) is 5.92 Å². The van der Waals surface area contributed by atoms with Gasteiger partial charge in [0.1, 0.15) is 0 Å². The van der Waals surface area contributed by atoms with Gasteiger partial charge < -0.3 is 15.3 Å². The molecule has 0 amide bonds. The van der Waals surface area contributed by atoms with Gasteiger partial charge in [0.25, 0.3) is 0 Å². The van der Waals surface area contributed by atoms with Crippen molar-refractivity contribution in [3.8, 4) is 0 Å². The Labute approximate surface area is 79.4 Å². The maximum Gasteiger partial charge on any atom is 0.0879 e. The third-order valence-corrected chi connectivity index (χ3v) is 3.40. The maximum absolute atomic E-state index is 10.1. The Bertz CT molecular complexity index is 189. The predicted molar refractivity (Wildman–Crippen MR) is 50.3 cm³/mol. The highest BCUT2D eigenvalue weighted by Gasteiger charge is 2.45. The first-order chi connectivity index (χ1) is 5.78. The molecule has 0 spiro atoms. The molecule has 0 aromatic rings. The van der Waals surface area contributed by atoms with Gasteiger partial charge in [-0.3, -0.25) is 0 Å². The molecule has 0 radical (unpaired) electrons. The largest absolute Gasteiger partial charge is 0.390 e. The van der Waals surface area contributed by atoms with Crippen LogP contribution in [0.1, 0.15) is 40.0 Å². The van der Waals surface area contributed by atoms with Gasteiger partial charge in [0.05, 0.1) is 17.3 Å². The Hall–Kier alpha value is -0.120. The van der Waals surface area contributed by atoms with Crippen molar-refractivity contribution in [2.45, 2.75) is 57.3 Å². The van der Waals surface area contributed by atoms with E-state index in [2.05, 4.69) is 0 Å². The van der Waals surface area contributed by atoms with Crippen molar-refractivity contribution in [2.24, 2.45) is 5.92 Å². The van der Waals surface area contributed by atoms with E-state index in [4.69, 9.17) is 0 Å². The fourth-order valence-corrected chi connectivity index (χ4v) is 1.82. The summed E-state index contributed by atoms with van der Waals surface area (Å²) in [5, 5.41) is 29.4. The first kappa shape index (κ1) is 11.0. The molecule has 1 fully saturated rings. The van der Waals surface area contributed by atoms with Crippen molar-refractivity contribution in [1.82, 2.24) is 0 Å². The fourth-order valence-electron chi connectivity index (χ4n) is 1.82. The molecule has 1 saturated carbocycles. The van der Waals surface area contributed by atoms with E-state index in [9.17, 15) is 15.3 Å². The van der Waals surface area contributed by atoms with Gasteiger partial charge in [0.15, 0.2) is 0 Å². The monoisotopic (exact) mass is 188 g/mol. The summed E-state index contributed by atoms with van der Waals surface area (Å²) in [5.41, 5.74) is -1.83. The van der Waals surface area contributed by atoms with Crippen LogP contribution in [0.4, 0.5) is 0 Å². The molecule has 1 rings (SSSR count). The van der Waals surface area contributed by atoms with Gasteiger partial charge in [-0.15, -0.1) is 0 Å². The standard InChI is InChI=1S/C10H20O3/c1-7(2)10(13)5-4-9(3,12)8(11)6-10/h7-8,11-13H,4-6H2,1-3H3/t8-,9-,10-/m0/s1. The molecule has 0 unspecified atom stereocenters. The third kappa shape index (κ3) is 2.03. The highest BCUT2D eigenvalue weighted by atomic mass is 16.3. The minimum atomic E-state index is -1.03. The molecule has 0 bridgehead atoms. The maximum atomic E-state index is 10.1. The van der Waals surface area contributed by atoms with E-state index in [1.54, 1.807) is 6.92 Å². The summed E-state index contributed by atoms with van der Waals surface area (Å²) in [4.78, 5) is 0. The highest BCUT2D eigenvalue weighted by Crippen LogP contribution is 2.38. The van der Waals surface area contributed by atoms with Crippen molar-refractivity contribution < 1.29 is 15.3 Å². The zero-order valence-electron chi connectivity index (χ0n) is 8.62. The first-order valence-electron chi connectivity index (χ1n) is 4.91. The number of aliphatic hydroxyl groups excluding tert-OH is 1. The van der Waals surface area contributed by atoms with Crippen molar-refractivity contribution in [1.29, 1.82) is 0 Å². The fraction of sp³-hybridized carbons (Fsp3) is 1.00. The van der Waals surface area contributed by atoms with Gasteiger partial charge in [0, 0.05) is 6.42 Å². The van der Waals surface area contributed by atoms with E-state index in [0.29, 0.717) is 12.8 Å². The van der Waals surface area contributed by atoms with Crippen LogP contribution < -0.4 is 0 Å². The molecule has 3 atom stereocenters. The number of hydrogen-bond acceptors (Lipinski definition) is 3. The van der Waals surface area contributed by atoms with Crippen molar-refractivity contribution in [2.75, 3.05) is 0 Å². The zero-order chi connectivity index (χ0) is 10.3. The molecule has 0 aromatic heterocycles.